The van der Waals surface area contributed by atoms with Crippen molar-refractivity contribution in [1.29, 1.82) is 0 Å². The molecule has 1 aromatic rings. The fraction of sp³-hybridized carbons (Fsp3) is 0.571. The Morgan fingerprint density at radius 3 is 2.27 bits per heavy atom. The number of anilines is 1. The van der Waals surface area contributed by atoms with Crippen LogP contribution >= 0.6 is 0 Å². The molecule has 3 atom stereocenters. The van der Waals surface area contributed by atoms with E-state index in [1.54, 1.807) is 24.3 Å². The molecule has 3 unspecified atom stereocenters. The molecular formula is C21H27NO4. The van der Waals surface area contributed by atoms with Crippen molar-refractivity contribution in [3.8, 4) is 0 Å². The third-order valence-corrected chi connectivity index (χ3v) is 5.63. The summed E-state index contributed by atoms with van der Waals surface area (Å²) < 4.78 is 5.84. The number of nitrogens with zero attached hydrogens (tertiary/aromatic N) is 1. The lowest BCUT2D eigenvalue weighted by Crippen LogP contribution is -2.35. The molecule has 2 aliphatic rings. The maximum atomic E-state index is 12.6. The molecule has 1 aromatic carbocycles. The standard InChI is InChI=1S/C21H27NO4/c1-13(2)17-9-4-14(3)12-18(17)26-21(25)15-5-7-16(8-6-15)22-19(23)10-11-20(22)24/h5-8,13-14,17-18H,4,9-12H2,1-3H3. The molecule has 0 bridgehead atoms. The van der Waals surface area contributed by atoms with E-state index < -0.39 is 0 Å². The van der Waals surface area contributed by atoms with Gasteiger partial charge in [0.2, 0.25) is 11.8 Å². The van der Waals surface area contributed by atoms with Gasteiger partial charge in [0.05, 0.1) is 11.3 Å². The van der Waals surface area contributed by atoms with E-state index in [0.29, 0.717) is 29.0 Å². The van der Waals surface area contributed by atoms with Crippen molar-refractivity contribution < 1.29 is 19.1 Å². The lowest BCUT2D eigenvalue weighted by atomic mass is 9.75. The van der Waals surface area contributed by atoms with Crippen LogP contribution in [0, 0.1) is 17.8 Å². The molecule has 0 N–H and O–H groups in total. The summed E-state index contributed by atoms with van der Waals surface area (Å²) in [6.45, 7) is 6.57. The summed E-state index contributed by atoms with van der Waals surface area (Å²) >= 11 is 0. The molecule has 3 rings (SSSR count). The average molecular weight is 357 g/mol. The van der Waals surface area contributed by atoms with Gasteiger partial charge in [0.25, 0.3) is 0 Å². The number of benzene rings is 1. The van der Waals surface area contributed by atoms with Crippen LogP contribution in [-0.4, -0.2) is 23.9 Å². The molecule has 1 saturated carbocycles. The number of carbonyl (C=O) groups is 3. The van der Waals surface area contributed by atoms with Crippen molar-refractivity contribution >= 4 is 23.5 Å². The van der Waals surface area contributed by atoms with Crippen molar-refractivity contribution in [3.05, 3.63) is 29.8 Å². The van der Waals surface area contributed by atoms with E-state index in [4.69, 9.17) is 4.74 Å². The first-order valence-electron chi connectivity index (χ1n) is 9.53. The van der Waals surface area contributed by atoms with Crippen LogP contribution in [0.2, 0.25) is 0 Å². The maximum absolute atomic E-state index is 12.6. The number of hydrogen-bond donors (Lipinski definition) is 0. The molecule has 5 nitrogen and oxygen atoms in total. The van der Waals surface area contributed by atoms with Crippen molar-refractivity contribution in [2.45, 2.75) is 59.0 Å². The zero-order valence-corrected chi connectivity index (χ0v) is 15.7. The van der Waals surface area contributed by atoms with Crippen LogP contribution in [0.3, 0.4) is 0 Å². The molecule has 1 saturated heterocycles. The number of esters is 1. The Labute approximate surface area is 154 Å². The van der Waals surface area contributed by atoms with Crippen LogP contribution in [0.1, 0.15) is 63.2 Å². The molecule has 2 fully saturated rings. The molecule has 1 heterocycles. The minimum Gasteiger partial charge on any atom is -0.458 e. The van der Waals surface area contributed by atoms with E-state index in [9.17, 15) is 14.4 Å². The van der Waals surface area contributed by atoms with E-state index in [1.165, 1.54) is 11.3 Å². The van der Waals surface area contributed by atoms with Crippen LogP contribution < -0.4 is 4.90 Å². The van der Waals surface area contributed by atoms with Crippen LogP contribution in [0.15, 0.2) is 24.3 Å². The van der Waals surface area contributed by atoms with Gasteiger partial charge in [-0.15, -0.1) is 0 Å². The van der Waals surface area contributed by atoms with Gasteiger partial charge in [-0.25, -0.2) is 4.79 Å². The summed E-state index contributed by atoms with van der Waals surface area (Å²) in [5.74, 6) is 0.726. The predicted octanol–water partition coefficient (Wildman–Crippen LogP) is 3.96. The fourth-order valence-electron chi connectivity index (χ4n) is 4.07. The van der Waals surface area contributed by atoms with Gasteiger partial charge < -0.3 is 4.74 Å². The van der Waals surface area contributed by atoms with Gasteiger partial charge in [-0.05, 0) is 54.9 Å². The average Bonchev–Trinajstić information content (AvgIpc) is 2.93. The molecule has 5 heteroatoms. The van der Waals surface area contributed by atoms with Crippen LogP contribution in [0.25, 0.3) is 0 Å². The highest BCUT2D eigenvalue weighted by atomic mass is 16.5. The second-order valence-electron chi connectivity index (χ2n) is 7.94. The number of carbonyl (C=O) groups excluding carboxylic acids is 3. The van der Waals surface area contributed by atoms with E-state index >= 15 is 0 Å². The van der Waals surface area contributed by atoms with Gasteiger partial charge in [-0.1, -0.05) is 27.2 Å². The first-order chi connectivity index (χ1) is 12.4. The molecule has 0 spiro atoms. The van der Waals surface area contributed by atoms with Crippen molar-refractivity contribution in [2.24, 2.45) is 17.8 Å². The number of rotatable bonds is 4. The Balaban J connectivity index is 1.69. The summed E-state index contributed by atoms with van der Waals surface area (Å²) in [4.78, 5) is 37.4. The first kappa shape index (κ1) is 18.6. The van der Waals surface area contributed by atoms with Crippen LogP contribution in [0.4, 0.5) is 5.69 Å². The quantitative estimate of drug-likeness (QED) is 0.604. The summed E-state index contributed by atoms with van der Waals surface area (Å²) in [5, 5.41) is 0. The molecule has 26 heavy (non-hydrogen) atoms. The van der Waals surface area contributed by atoms with Gasteiger partial charge in [0, 0.05) is 12.8 Å². The number of imide groups is 1. The third kappa shape index (κ3) is 3.81. The van der Waals surface area contributed by atoms with Gasteiger partial charge in [-0.2, -0.15) is 0 Å². The normalized spacial score (nSPS) is 26.5. The lowest BCUT2D eigenvalue weighted by Gasteiger charge is -2.36. The smallest absolute Gasteiger partial charge is 0.338 e. The second kappa shape index (κ2) is 7.60. The topological polar surface area (TPSA) is 63.7 Å². The first-order valence-corrected chi connectivity index (χ1v) is 9.53. The van der Waals surface area contributed by atoms with Crippen molar-refractivity contribution in [3.63, 3.8) is 0 Å². The monoisotopic (exact) mass is 357 g/mol. The van der Waals surface area contributed by atoms with Crippen molar-refractivity contribution in [1.82, 2.24) is 0 Å². The van der Waals surface area contributed by atoms with Gasteiger partial charge in [0.15, 0.2) is 0 Å². The minimum absolute atomic E-state index is 0.0485. The van der Waals surface area contributed by atoms with Crippen molar-refractivity contribution in [2.75, 3.05) is 4.90 Å². The maximum Gasteiger partial charge on any atom is 0.338 e. The Kier molecular flexibility index (Phi) is 5.44. The number of ether oxygens (including phenoxy) is 1. The Hall–Kier alpha value is -2.17. The Morgan fingerprint density at radius 1 is 1.08 bits per heavy atom. The Morgan fingerprint density at radius 2 is 1.69 bits per heavy atom. The molecule has 2 amide bonds. The largest absolute Gasteiger partial charge is 0.458 e. The highest BCUT2D eigenvalue weighted by Gasteiger charge is 2.34. The highest BCUT2D eigenvalue weighted by molar-refractivity contribution is 6.19. The zero-order valence-electron chi connectivity index (χ0n) is 15.7. The lowest BCUT2D eigenvalue weighted by molar-refractivity contribution is -0.121. The SMILES string of the molecule is CC1CCC(C(C)C)C(OC(=O)c2ccc(N3C(=O)CCC3=O)cc2)C1. The van der Waals surface area contributed by atoms with E-state index in [0.717, 1.165) is 12.8 Å². The summed E-state index contributed by atoms with van der Waals surface area (Å²) in [6.07, 6.45) is 3.63. The molecule has 140 valence electrons. The fourth-order valence-corrected chi connectivity index (χ4v) is 4.07. The second-order valence-corrected chi connectivity index (χ2v) is 7.94. The van der Waals surface area contributed by atoms with Gasteiger partial charge >= 0.3 is 5.97 Å². The molecule has 0 aromatic heterocycles. The molecule has 1 aliphatic heterocycles. The van der Waals surface area contributed by atoms with E-state index in [2.05, 4.69) is 20.8 Å². The number of hydrogen-bond acceptors (Lipinski definition) is 4. The third-order valence-electron chi connectivity index (χ3n) is 5.63. The Bertz CT molecular complexity index is 678. The minimum atomic E-state index is -0.333. The van der Waals surface area contributed by atoms with E-state index in [-0.39, 0.29) is 36.7 Å². The van der Waals surface area contributed by atoms with E-state index in [1.807, 2.05) is 0 Å². The highest BCUT2D eigenvalue weighted by Crippen LogP contribution is 2.35. The van der Waals surface area contributed by atoms with Crippen LogP contribution in [-0.2, 0) is 14.3 Å². The zero-order chi connectivity index (χ0) is 18.8. The van der Waals surface area contributed by atoms with Gasteiger partial charge in [-0.3, -0.25) is 14.5 Å². The molecule has 0 radical (unpaired) electrons. The molecular weight excluding hydrogens is 330 g/mol. The van der Waals surface area contributed by atoms with Gasteiger partial charge in [0.1, 0.15) is 6.10 Å². The van der Waals surface area contributed by atoms with Crippen LogP contribution in [0.5, 0.6) is 0 Å². The summed E-state index contributed by atoms with van der Waals surface area (Å²) in [7, 11) is 0. The number of amides is 2. The molecule has 1 aliphatic carbocycles. The summed E-state index contributed by atoms with van der Waals surface area (Å²) in [6, 6.07) is 6.54. The predicted molar refractivity (Wildman–Crippen MR) is 98.7 cm³/mol. The summed E-state index contributed by atoms with van der Waals surface area (Å²) in [5.41, 5.74) is 0.967.